The van der Waals surface area contributed by atoms with Gasteiger partial charge in [-0.1, -0.05) is 12.6 Å². The molecule has 2 saturated heterocycles. The number of benzene rings is 1. The molecule has 2 aliphatic rings. The molecule has 3 aromatic rings. The average molecular weight is 388 g/mol. The molecular weight excluding hydrogens is 364 g/mol. The van der Waals surface area contributed by atoms with Gasteiger partial charge in [0, 0.05) is 48.1 Å². The van der Waals surface area contributed by atoms with Crippen LogP contribution in [0.4, 0.5) is 5.82 Å². The summed E-state index contributed by atoms with van der Waals surface area (Å²) in [5, 5.41) is 8.33. The van der Waals surface area contributed by atoms with Crippen LogP contribution >= 0.6 is 0 Å². The molecule has 5 rings (SSSR count). The molecule has 1 aromatic carbocycles. The van der Waals surface area contributed by atoms with Crippen LogP contribution < -0.4 is 4.90 Å². The Morgan fingerprint density at radius 1 is 1.24 bits per heavy atom. The SMILES string of the molecule is C=CC(=O)N1CC2(CCN(c3ncnc(-c4c(C)ccc5[nH]ncc45)c3C)C2)C1. The zero-order chi connectivity index (χ0) is 20.2. The van der Waals surface area contributed by atoms with Gasteiger partial charge in [-0.2, -0.15) is 5.10 Å². The normalized spacial score (nSPS) is 17.7. The lowest BCUT2D eigenvalue weighted by Gasteiger charge is -2.47. The van der Waals surface area contributed by atoms with Crippen molar-refractivity contribution < 1.29 is 4.79 Å². The minimum Gasteiger partial charge on any atom is -0.356 e. The molecule has 29 heavy (non-hydrogen) atoms. The average Bonchev–Trinajstić information content (AvgIpc) is 3.34. The van der Waals surface area contributed by atoms with Crippen LogP contribution in [0.3, 0.4) is 0 Å². The summed E-state index contributed by atoms with van der Waals surface area (Å²) in [7, 11) is 0. The summed E-state index contributed by atoms with van der Waals surface area (Å²) in [5.74, 6) is 1.01. The molecule has 1 amide bonds. The number of carbonyl (C=O) groups excluding carboxylic acids is 1. The van der Waals surface area contributed by atoms with Gasteiger partial charge < -0.3 is 9.80 Å². The Kier molecular flexibility index (Phi) is 3.94. The molecule has 1 N–H and O–H groups in total. The third-order valence-corrected chi connectivity index (χ3v) is 6.40. The van der Waals surface area contributed by atoms with Crippen LogP contribution in [0, 0.1) is 19.3 Å². The number of likely N-dealkylation sites (tertiary alicyclic amines) is 1. The number of hydrogen-bond acceptors (Lipinski definition) is 5. The number of nitrogens with zero attached hydrogens (tertiary/aromatic N) is 5. The first-order valence-electron chi connectivity index (χ1n) is 9.92. The van der Waals surface area contributed by atoms with Crippen molar-refractivity contribution in [3.8, 4) is 11.3 Å². The molecule has 0 bridgehead atoms. The molecule has 0 radical (unpaired) electrons. The standard InChI is InChI=1S/C22H24N6O/c1-4-18(29)28-11-22(12-28)7-8-27(10-22)21-15(3)20(23-13-24-21)19-14(2)5-6-17-16(19)9-25-26-17/h4-6,9,13H,1,7-8,10-12H2,2-3H3,(H,25,26). The Morgan fingerprint density at radius 2 is 2.07 bits per heavy atom. The van der Waals surface area contributed by atoms with E-state index in [4.69, 9.17) is 0 Å². The fraction of sp³-hybridized carbons (Fsp3) is 0.364. The van der Waals surface area contributed by atoms with E-state index >= 15 is 0 Å². The number of aromatic amines is 1. The van der Waals surface area contributed by atoms with Gasteiger partial charge in [-0.15, -0.1) is 0 Å². The van der Waals surface area contributed by atoms with E-state index in [-0.39, 0.29) is 11.3 Å². The van der Waals surface area contributed by atoms with Crippen molar-refractivity contribution in [3.63, 3.8) is 0 Å². The zero-order valence-electron chi connectivity index (χ0n) is 16.8. The third kappa shape index (κ3) is 2.72. The van der Waals surface area contributed by atoms with Crippen LogP contribution in [0.1, 0.15) is 17.5 Å². The molecule has 148 valence electrons. The second-order valence-electron chi connectivity index (χ2n) is 8.33. The van der Waals surface area contributed by atoms with E-state index in [1.54, 1.807) is 6.33 Å². The number of rotatable bonds is 3. The fourth-order valence-electron chi connectivity index (χ4n) is 4.87. The van der Waals surface area contributed by atoms with Crippen LogP contribution in [0.15, 0.2) is 37.3 Å². The predicted octanol–water partition coefficient (Wildman–Crippen LogP) is 2.86. The van der Waals surface area contributed by atoms with Gasteiger partial charge in [-0.3, -0.25) is 9.89 Å². The number of anilines is 1. The zero-order valence-corrected chi connectivity index (χ0v) is 16.8. The van der Waals surface area contributed by atoms with Crippen molar-refractivity contribution in [1.82, 2.24) is 25.1 Å². The summed E-state index contributed by atoms with van der Waals surface area (Å²) < 4.78 is 0. The van der Waals surface area contributed by atoms with Crippen molar-refractivity contribution >= 4 is 22.6 Å². The van der Waals surface area contributed by atoms with Gasteiger partial charge in [0.2, 0.25) is 5.91 Å². The van der Waals surface area contributed by atoms with Crippen LogP contribution in [-0.2, 0) is 4.79 Å². The maximum atomic E-state index is 11.8. The maximum absolute atomic E-state index is 11.8. The number of amides is 1. The molecule has 0 aliphatic carbocycles. The summed E-state index contributed by atoms with van der Waals surface area (Å²) in [6.07, 6.45) is 6.00. The summed E-state index contributed by atoms with van der Waals surface area (Å²) in [4.78, 5) is 25.3. The summed E-state index contributed by atoms with van der Waals surface area (Å²) in [6, 6.07) is 4.15. The Bertz CT molecular complexity index is 1130. The van der Waals surface area contributed by atoms with E-state index in [2.05, 4.69) is 57.6 Å². The maximum Gasteiger partial charge on any atom is 0.245 e. The first kappa shape index (κ1) is 17.8. The second kappa shape index (κ2) is 6.40. The predicted molar refractivity (Wildman–Crippen MR) is 113 cm³/mol. The highest BCUT2D eigenvalue weighted by atomic mass is 16.2. The summed E-state index contributed by atoms with van der Waals surface area (Å²) in [5.41, 5.74) is 5.50. The van der Waals surface area contributed by atoms with E-state index < -0.39 is 0 Å². The van der Waals surface area contributed by atoms with E-state index in [1.165, 1.54) is 11.6 Å². The number of H-pyrrole nitrogens is 1. The van der Waals surface area contributed by atoms with Gasteiger partial charge in [0.25, 0.3) is 0 Å². The highest BCUT2D eigenvalue weighted by molar-refractivity contribution is 5.96. The minimum atomic E-state index is 0.0262. The molecule has 2 aromatic heterocycles. The van der Waals surface area contributed by atoms with E-state index in [9.17, 15) is 4.79 Å². The number of hydrogen-bond donors (Lipinski definition) is 1. The molecule has 0 atom stereocenters. The Labute approximate surface area is 169 Å². The van der Waals surface area contributed by atoms with E-state index in [0.717, 1.165) is 66.1 Å². The molecule has 4 heterocycles. The number of fused-ring (bicyclic) bond motifs is 1. The Hall–Kier alpha value is -3.22. The largest absolute Gasteiger partial charge is 0.356 e. The smallest absolute Gasteiger partial charge is 0.245 e. The van der Waals surface area contributed by atoms with Crippen molar-refractivity contribution in [3.05, 3.63) is 48.4 Å². The molecule has 0 saturated carbocycles. The number of aromatic nitrogens is 4. The molecule has 2 fully saturated rings. The van der Waals surface area contributed by atoms with Crippen molar-refractivity contribution in [1.29, 1.82) is 0 Å². The highest BCUT2D eigenvalue weighted by Crippen LogP contribution is 2.42. The third-order valence-electron chi connectivity index (χ3n) is 6.40. The minimum absolute atomic E-state index is 0.0262. The van der Waals surface area contributed by atoms with Crippen LogP contribution in [0.25, 0.3) is 22.2 Å². The van der Waals surface area contributed by atoms with E-state index in [1.807, 2.05) is 11.1 Å². The highest BCUT2D eigenvalue weighted by Gasteiger charge is 2.49. The lowest BCUT2D eigenvalue weighted by molar-refractivity contribution is -0.136. The fourth-order valence-corrected chi connectivity index (χ4v) is 4.87. The first-order chi connectivity index (χ1) is 14.0. The van der Waals surface area contributed by atoms with Gasteiger partial charge in [0.1, 0.15) is 12.1 Å². The quantitative estimate of drug-likeness (QED) is 0.698. The lowest BCUT2D eigenvalue weighted by atomic mass is 9.79. The van der Waals surface area contributed by atoms with Crippen molar-refractivity contribution in [2.75, 3.05) is 31.1 Å². The Morgan fingerprint density at radius 3 is 2.86 bits per heavy atom. The topological polar surface area (TPSA) is 78.0 Å². The van der Waals surface area contributed by atoms with Crippen LogP contribution in [0.2, 0.25) is 0 Å². The molecule has 7 heteroatoms. The number of nitrogens with one attached hydrogen (secondary N) is 1. The van der Waals surface area contributed by atoms with Gasteiger partial charge in [0.05, 0.1) is 17.4 Å². The monoisotopic (exact) mass is 388 g/mol. The first-order valence-corrected chi connectivity index (χ1v) is 9.92. The summed E-state index contributed by atoms with van der Waals surface area (Å²) in [6.45, 7) is 11.3. The van der Waals surface area contributed by atoms with Gasteiger partial charge >= 0.3 is 0 Å². The Balaban J connectivity index is 1.47. The van der Waals surface area contributed by atoms with Crippen LogP contribution in [-0.4, -0.2) is 57.2 Å². The molecule has 1 spiro atoms. The molecule has 0 unspecified atom stereocenters. The van der Waals surface area contributed by atoms with Gasteiger partial charge in [-0.05, 0) is 38.0 Å². The molecule has 7 nitrogen and oxygen atoms in total. The van der Waals surface area contributed by atoms with Crippen LogP contribution in [0.5, 0.6) is 0 Å². The number of carbonyl (C=O) groups is 1. The second-order valence-corrected chi connectivity index (χ2v) is 8.33. The summed E-state index contributed by atoms with van der Waals surface area (Å²) >= 11 is 0. The number of aryl methyl sites for hydroxylation is 1. The van der Waals surface area contributed by atoms with E-state index in [0.29, 0.717) is 0 Å². The van der Waals surface area contributed by atoms with Crippen molar-refractivity contribution in [2.24, 2.45) is 5.41 Å². The van der Waals surface area contributed by atoms with Gasteiger partial charge in [0.15, 0.2) is 0 Å². The van der Waals surface area contributed by atoms with Crippen molar-refractivity contribution in [2.45, 2.75) is 20.3 Å². The molecule has 2 aliphatic heterocycles. The van der Waals surface area contributed by atoms with Gasteiger partial charge in [-0.25, -0.2) is 9.97 Å². The molecular formula is C22H24N6O. The lowest BCUT2D eigenvalue weighted by Crippen LogP contribution is -2.59.